The molecule has 1 fully saturated rings. The molecule has 0 radical (unpaired) electrons. The van der Waals surface area contributed by atoms with Crippen molar-refractivity contribution in [2.45, 2.75) is 52.0 Å². The maximum Gasteiger partial charge on any atom is 0.298 e. The molecule has 0 bridgehead atoms. The third kappa shape index (κ3) is 4.20. The van der Waals surface area contributed by atoms with Crippen molar-refractivity contribution in [1.29, 1.82) is 0 Å². The minimum atomic E-state index is -0.149. The number of Topliss-reactive ketones (excluding diaryl/α,β-unsaturated/α-hetero) is 1. The number of aromatic nitrogens is 3. The molecule has 3 heterocycles. The maximum absolute atomic E-state index is 12.2. The fraction of sp³-hybridized carbons (Fsp3) is 0.391. The first kappa shape index (κ1) is 20.1. The lowest BCUT2D eigenvalue weighted by Crippen LogP contribution is -2.45. The molecule has 0 aliphatic carbocycles. The Labute approximate surface area is 176 Å². The lowest BCUT2D eigenvalue weighted by atomic mass is 9.99. The largest absolute Gasteiger partial charge is 0.423 e. The summed E-state index contributed by atoms with van der Waals surface area (Å²) in [6, 6.07) is 10.2. The second-order valence-electron chi connectivity index (χ2n) is 7.86. The van der Waals surface area contributed by atoms with Crippen LogP contribution in [0.5, 0.6) is 0 Å². The van der Waals surface area contributed by atoms with Crippen LogP contribution in [-0.4, -0.2) is 33.3 Å². The van der Waals surface area contributed by atoms with Gasteiger partial charge in [0.25, 0.3) is 6.01 Å². The number of hydrogen-bond acceptors (Lipinski definition) is 7. The number of benzene rings is 1. The Morgan fingerprint density at radius 2 is 2.13 bits per heavy atom. The minimum Gasteiger partial charge on any atom is -0.423 e. The Kier molecular flexibility index (Phi) is 5.79. The van der Waals surface area contributed by atoms with E-state index in [1.807, 2.05) is 42.2 Å². The lowest BCUT2D eigenvalue weighted by Gasteiger charge is -2.32. The van der Waals surface area contributed by atoms with Gasteiger partial charge in [-0.1, -0.05) is 32.9 Å². The Morgan fingerprint density at radius 3 is 2.93 bits per heavy atom. The van der Waals surface area contributed by atoms with Crippen LogP contribution in [0.25, 0.3) is 11.3 Å². The van der Waals surface area contributed by atoms with Crippen LogP contribution >= 0.6 is 0 Å². The number of nitrogens with one attached hydrogen (secondary N) is 1. The summed E-state index contributed by atoms with van der Waals surface area (Å²) in [4.78, 5) is 27.6. The molecule has 1 aromatic carbocycles. The molecule has 2 aromatic heterocycles. The second kappa shape index (κ2) is 8.65. The van der Waals surface area contributed by atoms with Crippen LogP contribution in [0, 0.1) is 0 Å². The number of rotatable bonds is 6. The van der Waals surface area contributed by atoms with Gasteiger partial charge >= 0.3 is 0 Å². The van der Waals surface area contributed by atoms with E-state index >= 15 is 0 Å². The highest BCUT2D eigenvalue weighted by Crippen LogP contribution is 2.30. The molecule has 7 nitrogen and oxygen atoms in total. The average Bonchev–Trinajstić information content (AvgIpc) is 3.24. The van der Waals surface area contributed by atoms with Crippen molar-refractivity contribution in [2.75, 3.05) is 16.8 Å². The zero-order chi connectivity index (χ0) is 21.1. The number of piperidine rings is 1. The van der Waals surface area contributed by atoms with Crippen molar-refractivity contribution in [3.63, 3.8) is 0 Å². The standard InChI is InChI=1S/C23H27N5O2/c1-4-19-20(29)9-6-12-28(19)23-25-14-21(30-23)16-7-5-8-17(13-16)26-22-24-11-10-18(27-22)15(2)3/h5,7-8,10-11,13-15,19H,4,6,9,12H2,1-3H3,(H,24,26,27). The van der Waals surface area contributed by atoms with E-state index in [9.17, 15) is 4.79 Å². The Bertz CT molecular complexity index is 1030. The number of oxazole rings is 1. The van der Waals surface area contributed by atoms with Gasteiger partial charge in [-0.2, -0.15) is 0 Å². The van der Waals surface area contributed by atoms with E-state index in [-0.39, 0.29) is 11.8 Å². The van der Waals surface area contributed by atoms with Gasteiger partial charge in [0, 0.05) is 36.1 Å². The van der Waals surface area contributed by atoms with Gasteiger partial charge in [-0.25, -0.2) is 15.0 Å². The van der Waals surface area contributed by atoms with Crippen LogP contribution in [0.3, 0.4) is 0 Å². The maximum atomic E-state index is 12.2. The third-order valence-electron chi connectivity index (χ3n) is 5.37. The van der Waals surface area contributed by atoms with Crippen molar-refractivity contribution < 1.29 is 9.21 Å². The number of ketones is 1. The molecule has 1 aliphatic heterocycles. The molecular formula is C23H27N5O2. The predicted molar refractivity (Wildman–Crippen MR) is 117 cm³/mol. The van der Waals surface area contributed by atoms with Crippen molar-refractivity contribution in [1.82, 2.24) is 15.0 Å². The summed E-state index contributed by atoms with van der Waals surface area (Å²) < 4.78 is 6.05. The Balaban J connectivity index is 1.55. The van der Waals surface area contributed by atoms with Crippen LogP contribution in [0.15, 0.2) is 47.1 Å². The molecule has 30 heavy (non-hydrogen) atoms. The summed E-state index contributed by atoms with van der Waals surface area (Å²) in [5, 5.41) is 3.26. The fourth-order valence-electron chi connectivity index (χ4n) is 3.76. The zero-order valence-electron chi connectivity index (χ0n) is 17.6. The molecule has 1 aliphatic rings. The van der Waals surface area contributed by atoms with Gasteiger partial charge in [0.15, 0.2) is 11.5 Å². The zero-order valence-corrected chi connectivity index (χ0v) is 17.6. The van der Waals surface area contributed by atoms with E-state index in [1.165, 1.54) is 0 Å². The molecular weight excluding hydrogens is 378 g/mol. The van der Waals surface area contributed by atoms with Gasteiger partial charge in [0.2, 0.25) is 5.95 Å². The SMILES string of the molecule is CCC1C(=O)CCCN1c1ncc(-c2cccc(Nc3nccc(C(C)C)n3)c2)o1. The topological polar surface area (TPSA) is 84.2 Å². The van der Waals surface area contributed by atoms with Gasteiger partial charge in [-0.3, -0.25) is 4.79 Å². The van der Waals surface area contributed by atoms with Crippen LogP contribution in [-0.2, 0) is 4.79 Å². The first-order chi connectivity index (χ1) is 14.5. The van der Waals surface area contributed by atoms with Crippen molar-refractivity contribution in [3.05, 3.63) is 48.4 Å². The molecule has 4 rings (SSSR count). The van der Waals surface area contributed by atoms with Crippen LogP contribution in [0.1, 0.15) is 51.6 Å². The highest BCUT2D eigenvalue weighted by molar-refractivity contribution is 5.87. The first-order valence-electron chi connectivity index (χ1n) is 10.5. The summed E-state index contributed by atoms with van der Waals surface area (Å²) in [5.41, 5.74) is 2.76. The fourth-order valence-corrected chi connectivity index (χ4v) is 3.76. The smallest absolute Gasteiger partial charge is 0.298 e. The number of nitrogens with zero attached hydrogens (tertiary/aromatic N) is 4. The molecule has 0 amide bonds. The number of carbonyl (C=O) groups is 1. The summed E-state index contributed by atoms with van der Waals surface area (Å²) in [6.07, 6.45) is 5.71. The first-order valence-corrected chi connectivity index (χ1v) is 10.5. The molecule has 0 saturated carbocycles. The minimum absolute atomic E-state index is 0.149. The summed E-state index contributed by atoms with van der Waals surface area (Å²) in [7, 11) is 0. The Hall–Kier alpha value is -3.22. The van der Waals surface area contributed by atoms with Gasteiger partial charge in [0.1, 0.15) is 0 Å². The number of hydrogen-bond donors (Lipinski definition) is 1. The van der Waals surface area contributed by atoms with E-state index in [1.54, 1.807) is 12.4 Å². The Morgan fingerprint density at radius 1 is 1.27 bits per heavy atom. The number of carbonyl (C=O) groups excluding carboxylic acids is 1. The molecule has 1 atom stereocenters. The third-order valence-corrected chi connectivity index (χ3v) is 5.37. The van der Waals surface area contributed by atoms with E-state index in [4.69, 9.17) is 4.42 Å². The van der Waals surface area contributed by atoms with Crippen LogP contribution < -0.4 is 10.2 Å². The molecule has 1 saturated heterocycles. The predicted octanol–water partition coefficient (Wildman–Crippen LogP) is 4.95. The van der Waals surface area contributed by atoms with Crippen LogP contribution in [0.2, 0.25) is 0 Å². The summed E-state index contributed by atoms with van der Waals surface area (Å²) >= 11 is 0. The normalized spacial score (nSPS) is 16.9. The summed E-state index contributed by atoms with van der Waals surface area (Å²) in [5.74, 6) is 1.83. The molecule has 0 spiro atoms. The quantitative estimate of drug-likeness (QED) is 0.621. The molecule has 1 unspecified atom stereocenters. The monoisotopic (exact) mass is 405 g/mol. The molecule has 3 aromatic rings. The van der Waals surface area contributed by atoms with Crippen molar-refractivity contribution >= 4 is 23.4 Å². The highest BCUT2D eigenvalue weighted by atomic mass is 16.4. The lowest BCUT2D eigenvalue weighted by molar-refractivity contribution is -0.121. The van der Waals surface area contributed by atoms with E-state index in [0.717, 1.165) is 36.3 Å². The molecule has 7 heteroatoms. The van der Waals surface area contributed by atoms with E-state index < -0.39 is 0 Å². The van der Waals surface area contributed by atoms with Gasteiger partial charge in [-0.15, -0.1) is 0 Å². The van der Waals surface area contributed by atoms with Crippen LogP contribution in [0.4, 0.5) is 17.7 Å². The van der Waals surface area contributed by atoms with Crippen molar-refractivity contribution in [3.8, 4) is 11.3 Å². The van der Waals surface area contributed by atoms with Crippen molar-refractivity contribution in [2.24, 2.45) is 0 Å². The average molecular weight is 406 g/mol. The highest BCUT2D eigenvalue weighted by Gasteiger charge is 2.31. The van der Waals surface area contributed by atoms with Gasteiger partial charge < -0.3 is 14.6 Å². The molecule has 1 N–H and O–H groups in total. The molecule has 156 valence electrons. The number of anilines is 3. The summed E-state index contributed by atoms with van der Waals surface area (Å²) in [6.45, 7) is 7.02. The van der Waals surface area contributed by atoms with Gasteiger partial charge in [-0.05, 0) is 37.0 Å². The van der Waals surface area contributed by atoms with E-state index in [2.05, 4.69) is 34.1 Å². The van der Waals surface area contributed by atoms with E-state index in [0.29, 0.717) is 30.1 Å². The van der Waals surface area contributed by atoms with Gasteiger partial charge in [0.05, 0.1) is 12.2 Å². The second-order valence-corrected chi connectivity index (χ2v) is 7.86.